The lowest BCUT2D eigenvalue weighted by Crippen LogP contribution is -2.17. The summed E-state index contributed by atoms with van der Waals surface area (Å²) in [6, 6.07) is 7.25. The number of ether oxygens (including phenoxy) is 2. The fourth-order valence-electron chi connectivity index (χ4n) is 3.52. The zero-order chi connectivity index (χ0) is 20.3. The normalized spacial score (nSPS) is 13.7. The van der Waals surface area contributed by atoms with Gasteiger partial charge in [0.05, 0.1) is 13.7 Å². The number of anilines is 1. The van der Waals surface area contributed by atoms with Gasteiger partial charge < -0.3 is 15.2 Å². The second-order valence-electron chi connectivity index (χ2n) is 6.63. The van der Waals surface area contributed by atoms with Gasteiger partial charge in [0.25, 0.3) is 0 Å². The van der Waals surface area contributed by atoms with Crippen molar-refractivity contribution in [1.82, 2.24) is 4.98 Å². The van der Waals surface area contributed by atoms with Crippen molar-refractivity contribution in [3.05, 3.63) is 40.6 Å². The molecule has 0 fully saturated rings. The molecule has 3 rings (SSSR count). The number of nitrogen functional groups attached to an aromatic ring is 1. The molecule has 0 unspecified atom stereocenters. The van der Waals surface area contributed by atoms with E-state index in [1.807, 2.05) is 0 Å². The van der Waals surface area contributed by atoms with Gasteiger partial charge in [0.2, 0.25) is 0 Å². The van der Waals surface area contributed by atoms with Crippen LogP contribution in [-0.2, 0) is 24.2 Å². The number of aryl methyl sites for hydroxylation is 1. The Kier molecular flexibility index (Phi) is 5.75. The highest BCUT2D eigenvalue weighted by Crippen LogP contribution is 2.37. The number of nitrogens with two attached hydrogens (primary N) is 1. The molecule has 8 heteroatoms. The Morgan fingerprint density at radius 2 is 2.00 bits per heavy atom. The molecule has 0 saturated heterocycles. The van der Waals surface area contributed by atoms with E-state index in [9.17, 15) is 18.4 Å². The summed E-state index contributed by atoms with van der Waals surface area (Å²) in [5, 5.41) is 9.62. The van der Waals surface area contributed by atoms with Crippen molar-refractivity contribution in [3.63, 3.8) is 0 Å². The van der Waals surface area contributed by atoms with E-state index in [-0.39, 0.29) is 18.0 Å². The average molecular weight is 391 g/mol. The van der Waals surface area contributed by atoms with E-state index in [0.717, 1.165) is 36.9 Å². The van der Waals surface area contributed by atoms with Crippen LogP contribution in [0.25, 0.3) is 11.1 Å². The lowest BCUT2D eigenvalue weighted by molar-refractivity contribution is -0.176. The van der Waals surface area contributed by atoms with Crippen LogP contribution < -0.4 is 10.5 Å². The van der Waals surface area contributed by atoms with Gasteiger partial charge in [0.15, 0.2) is 0 Å². The summed E-state index contributed by atoms with van der Waals surface area (Å²) in [7, 11) is 1.44. The number of alkyl halides is 3. The summed E-state index contributed by atoms with van der Waals surface area (Å²) in [6.07, 6.45) is -0.857. The quantitative estimate of drug-likeness (QED) is 0.827. The van der Waals surface area contributed by atoms with Gasteiger partial charge in [-0.2, -0.15) is 18.4 Å². The van der Waals surface area contributed by atoms with Crippen LogP contribution in [0.5, 0.6) is 5.75 Å². The maximum Gasteiger partial charge on any atom is 0.411 e. The Bertz CT molecular complexity index is 920. The van der Waals surface area contributed by atoms with Crippen molar-refractivity contribution in [2.45, 2.75) is 38.5 Å². The molecule has 0 saturated carbocycles. The molecule has 2 aromatic rings. The van der Waals surface area contributed by atoms with E-state index in [1.165, 1.54) is 7.11 Å². The van der Waals surface area contributed by atoms with E-state index in [0.29, 0.717) is 22.4 Å². The van der Waals surface area contributed by atoms with Gasteiger partial charge in [-0.15, -0.1) is 0 Å². The van der Waals surface area contributed by atoms with Crippen molar-refractivity contribution in [2.75, 3.05) is 19.5 Å². The van der Waals surface area contributed by atoms with Crippen LogP contribution in [0.2, 0.25) is 0 Å². The van der Waals surface area contributed by atoms with Gasteiger partial charge in [0.1, 0.15) is 29.8 Å². The summed E-state index contributed by atoms with van der Waals surface area (Å²) in [5.41, 5.74) is 10.0. The minimum Gasteiger partial charge on any atom is -0.496 e. The van der Waals surface area contributed by atoms with Crippen molar-refractivity contribution in [2.24, 2.45) is 0 Å². The predicted molar refractivity (Wildman–Crippen MR) is 97.7 cm³/mol. The molecule has 148 valence electrons. The number of hydrogen-bond acceptors (Lipinski definition) is 5. The molecular weight excluding hydrogens is 371 g/mol. The van der Waals surface area contributed by atoms with Gasteiger partial charge in [-0.25, -0.2) is 4.98 Å². The van der Waals surface area contributed by atoms with Crippen LogP contribution >= 0.6 is 0 Å². The number of benzene rings is 1. The first-order valence-electron chi connectivity index (χ1n) is 8.87. The largest absolute Gasteiger partial charge is 0.496 e. The number of fused-ring (bicyclic) bond motifs is 1. The standard InChI is InChI=1S/C20H20F3N3O2/c1-27-17-7-6-12(8-13(17)10-28-11-20(21,22)23)18-14-4-2-3-5-16(14)26-19(25)15(18)9-24/h6-8H,2-5,10-11H2,1H3,(H2,25,26). The Balaban J connectivity index is 2.06. The lowest BCUT2D eigenvalue weighted by Gasteiger charge is -2.21. The fraction of sp³-hybridized carbons (Fsp3) is 0.400. The van der Waals surface area contributed by atoms with Gasteiger partial charge >= 0.3 is 6.18 Å². The molecule has 0 atom stereocenters. The third-order valence-electron chi connectivity index (χ3n) is 4.71. The van der Waals surface area contributed by atoms with Gasteiger partial charge in [-0.3, -0.25) is 0 Å². The van der Waals surface area contributed by atoms with Crippen LogP contribution in [0.3, 0.4) is 0 Å². The predicted octanol–water partition coefficient (Wildman–Crippen LogP) is 4.17. The number of pyridine rings is 1. The van der Waals surface area contributed by atoms with E-state index in [1.54, 1.807) is 18.2 Å². The lowest BCUT2D eigenvalue weighted by atomic mass is 9.86. The number of nitriles is 1. The van der Waals surface area contributed by atoms with Crippen LogP contribution in [0.1, 0.15) is 35.2 Å². The van der Waals surface area contributed by atoms with Crippen LogP contribution in [0.15, 0.2) is 18.2 Å². The summed E-state index contributed by atoms with van der Waals surface area (Å²) >= 11 is 0. The SMILES string of the molecule is COc1ccc(-c2c(C#N)c(N)nc3c2CCCC3)cc1COCC(F)(F)F. The second kappa shape index (κ2) is 8.07. The Hall–Kier alpha value is -2.79. The molecule has 1 aliphatic rings. The number of halogens is 3. The van der Waals surface area contributed by atoms with E-state index < -0.39 is 12.8 Å². The molecule has 0 spiro atoms. The number of rotatable bonds is 5. The molecule has 0 radical (unpaired) electrons. The van der Waals surface area contributed by atoms with E-state index in [2.05, 4.69) is 11.1 Å². The van der Waals surface area contributed by atoms with Gasteiger partial charge in [-0.1, -0.05) is 6.07 Å². The monoisotopic (exact) mass is 391 g/mol. The summed E-state index contributed by atoms with van der Waals surface area (Å²) in [6.45, 7) is -1.61. The second-order valence-corrected chi connectivity index (χ2v) is 6.63. The van der Waals surface area contributed by atoms with Crippen LogP contribution in [0, 0.1) is 11.3 Å². The Morgan fingerprint density at radius 1 is 1.25 bits per heavy atom. The molecule has 5 nitrogen and oxygen atoms in total. The van der Waals surface area contributed by atoms with Gasteiger partial charge in [-0.05, 0) is 48.9 Å². The van der Waals surface area contributed by atoms with Crippen LogP contribution in [-0.4, -0.2) is 24.9 Å². The first-order valence-corrected chi connectivity index (χ1v) is 8.87. The molecule has 1 aliphatic carbocycles. The molecule has 0 bridgehead atoms. The smallest absolute Gasteiger partial charge is 0.411 e. The molecule has 1 heterocycles. The first-order chi connectivity index (χ1) is 13.3. The zero-order valence-corrected chi connectivity index (χ0v) is 15.4. The van der Waals surface area contributed by atoms with Crippen molar-refractivity contribution >= 4 is 5.82 Å². The minimum absolute atomic E-state index is 0.170. The van der Waals surface area contributed by atoms with Crippen molar-refractivity contribution in [1.29, 1.82) is 5.26 Å². The highest BCUT2D eigenvalue weighted by Gasteiger charge is 2.28. The molecular formula is C20H20F3N3O2. The summed E-state index contributed by atoms with van der Waals surface area (Å²) in [5.74, 6) is 0.587. The number of nitrogens with zero attached hydrogens (tertiary/aromatic N) is 2. The van der Waals surface area contributed by atoms with Gasteiger partial charge in [0, 0.05) is 16.8 Å². The third-order valence-corrected chi connectivity index (χ3v) is 4.71. The van der Waals surface area contributed by atoms with Crippen molar-refractivity contribution in [3.8, 4) is 22.9 Å². The van der Waals surface area contributed by atoms with E-state index >= 15 is 0 Å². The Morgan fingerprint density at radius 3 is 2.68 bits per heavy atom. The summed E-state index contributed by atoms with van der Waals surface area (Å²) < 4.78 is 47.3. The van der Waals surface area contributed by atoms with Crippen LogP contribution in [0.4, 0.5) is 19.0 Å². The number of hydrogen-bond donors (Lipinski definition) is 1. The molecule has 2 N–H and O–H groups in total. The number of aromatic nitrogens is 1. The van der Waals surface area contributed by atoms with Crippen molar-refractivity contribution < 1.29 is 22.6 Å². The molecule has 1 aromatic heterocycles. The Labute approximate surface area is 160 Å². The maximum absolute atomic E-state index is 12.4. The zero-order valence-electron chi connectivity index (χ0n) is 15.4. The highest BCUT2D eigenvalue weighted by atomic mass is 19.4. The highest BCUT2D eigenvalue weighted by molar-refractivity contribution is 5.80. The summed E-state index contributed by atoms with van der Waals surface area (Å²) in [4.78, 5) is 4.38. The third kappa shape index (κ3) is 4.20. The number of methoxy groups -OCH3 is 1. The molecule has 0 aliphatic heterocycles. The molecule has 1 aromatic carbocycles. The average Bonchev–Trinajstić information content (AvgIpc) is 2.65. The topological polar surface area (TPSA) is 81.2 Å². The molecule has 0 amide bonds. The van der Waals surface area contributed by atoms with E-state index in [4.69, 9.17) is 15.2 Å². The maximum atomic E-state index is 12.4. The fourth-order valence-corrected chi connectivity index (χ4v) is 3.52. The minimum atomic E-state index is -4.41. The molecule has 28 heavy (non-hydrogen) atoms. The first kappa shape index (κ1) is 20.0.